The molecule has 0 bridgehead atoms. The summed E-state index contributed by atoms with van der Waals surface area (Å²) < 4.78 is 0. The molecule has 12 heavy (non-hydrogen) atoms. The van der Waals surface area contributed by atoms with Crippen LogP contribution in [0.1, 0.15) is 0 Å². The van der Waals surface area contributed by atoms with E-state index in [9.17, 15) is 0 Å². The summed E-state index contributed by atoms with van der Waals surface area (Å²) in [5, 5.41) is 53.8. The van der Waals surface area contributed by atoms with Crippen LogP contribution in [0.5, 0.6) is 0 Å². The minimum absolute atomic E-state index is 1.64. The van der Waals surface area contributed by atoms with Gasteiger partial charge in [0.15, 0.2) is 0 Å². The van der Waals surface area contributed by atoms with E-state index in [2.05, 4.69) is 0 Å². The first-order valence-corrected chi connectivity index (χ1v) is 3.55. The van der Waals surface area contributed by atoms with E-state index >= 15 is 0 Å². The molecule has 0 amide bonds. The molecule has 0 heterocycles. The van der Waals surface area contributed by atoms with Crippen molar-refractivity contribution >= 4 is 0 Å². The van der Waals surface area contributed by atoms with Gasteiger partial charge in [0.25, 0.3) is 0 Å². The summed E-state index contributed by atoms with van der Waals surface area (Å²) in [6.45, 7) is 0. The molecule has 1 fully saturated rings. The molecule has 0 aromatic rings. The van der Waals surface area contributed by atoms with E-state index in [0.29, 0.717) is 0 Å². The van der Waals surface area contributed by atoms with Gasteiger partial charge >= 0.3 is 0 Å². The molecule has 1 aliphatic rings. The van der Waals surface area contributed by atoms with E-state index in [1.807, 2.05) is 0 Å². The van der Waals surface area contributed by atoms with Crippen LogP contribution < -0.4 is 0 Å². The largest absolute Gasteiger partial charge is 0.387 e. The molecule has 0 atom stereocenters. The first-order valence-electron chi connectivity index (χ1n) is 3.55. The quantitative estimate of drug-likeness (QED) is 0.227. The molecule has 0 spiro atoms. The lowest BCUT2D eigenvalue weighted by molar-refractivity contribution is -0.223. The van der Waals surface area contributed by atoms with Crippen LogP contribution in [-0.2, 0) is 0 Å². The molecular weight excluding hydrogens is 168 g/mol. The van der Waals surface area contributed by atoms with Gasteiger partial charge in [-0.1, -0.05) is 0 Å². The Labute approximate surface area is 68.3 Å². The minimum atomic E-state index is -1.64. The van der Waals surface area contributed by atoms with E-state index in [1.54, 1.807) is 0 Å². The lowest BCUT2D eigenvalue weighted by Crippen LogP contribution is -2.63. The van der Waals surface area contributed by atoms with Gasteiger partial charge in [0.2, 0.25) is 0 Å². The highest BCUT2D eigenvalue weighted by Crippen LogP contribution is 2.20. The Hall–Kier alpha value is -0.240. The summed E-state index contributed by atoms with van der Waals surface area (Å²) in [6, 6.07) is 0. The van der Waals surface area contributed by atoms with Gasteiger partial charge in [-0.2, -0.15) is 0 Å². The van der Waals surface area contributed by atoms with Crippen LogP contribution in [0.25, 0.3) is 0 Å². The van der Waals surface area contributed by atoms with Crippen LogP contribution in [0.3, 0.4) is 0 Å². The zero-order valence-corrected chi connectivity index (χ0v) is 6.15. The van der Waals surface area contributed by atoms with Gasteiger partial charge in [0, 0.05) is 0 Å². The standard InChI is InChI=1S/C6H12O6/c7-1-2(8)4(10)6(12)5(11)3(1)9/h1-12H/t1-,2-,3-,4-,5+,6+/m1/s1. The Morgan fingerprint density at radius 2 is 0.417 bits per heavy atom. The Balaban J connectivity index is 2.76. The van der Waals surface area contributed by atoms with Crippen molar-refractivity contribution in [3.05, 3.63) is 0 Å². The molecule has 0 aliphatic heterocycles. The predicted octanol–water partition coefficient (Wildman–Crippen LogP) is -3.83. The first-order chi connectivity index (χ1) is 5.46. The van der Waals surface area contributed by atoms with E-state index in [1.165, 1.54) is 0 Å². The number of hydrogen-bond acceptors (Lipinski definition) is 6. The normalized spacial score (nSPS) is 55.5. The summed E-state index contributed by atoms with van der Waals surface area (Å²) in [5.41, 5.74) is 0. The minimum Gasteiger partial charge on any atom is -0.387 e. The molecule has 6 nitrogen and oxygen atoms in total. The summed E-state index contributed by atoms with van der Waals surface area (Å²) >= 11 is 0. The molecule has 1 aliphatic carbocycles. The highest BCUT2D eigenvalue weighted by molar-refractivity contribution is 4.98. The second-order valence-corrected chi connectivity index (χ2v) is 2.94. The molecule has 72 valence electrons. The Kier molecular flexibility index (Phi) is 2.67. The van der Waals surface area contributed by atoms with Crippen molar-refractivity contribution in [2.45, 2.75) is 36.6 Å². The molecular formula is C6H12O6. The number of hydrogen-bond donors (Lipinski definition) is 6. The summed E-state index contributed by atoms with van der Waals surface area (Å²) in [6.07, 6.45) is -9.84. The SMILES string of the molecule is O[C@H]1[C@H](O)[C@@H](O)[C@H](O)[C@H](O)[C@H]1O. The van der Waals surface area contributed by atoms with Gasteiger partial charge in [-0.3, -0.25) is 0 Å². The highest BCUT2D eigenvalue weighted by Gasteiger charge is 2.47. The van der Waals surface area contributed by atoms with Gasteiger partial charge < -0.3 is 30.6 Å². The monoisotopic (exact) mass is 180 g/mol. The average Bonchev–Trinajstić information content (AvgIpc) is 2.08. The summed E-state index contributed by atoms with van der Waals surface area (Å²) in [4.78, 5) is 0. The van der Waals surface area contributed by atoms with Crippen LogP contribution in [0.4, 0.5) is 0 Å². The fraction of sp³-hybridized carbons (Fsp3) is 1.00. The number of rotatable bonds is 0. The Morgan fingerprint density at radius 3 is 0.500 bits per heavy atom. The Bertz CT molecular complexity index is 104. The molecule has 0 saturated heterocycles. The zero-order valence-electron chi connectivity index (χ0n) is 6.15. The van der Waals surface area contributed by atoms with E-state index < -0.39 is 36.6 Å². The van der Waals surface area contributed by atoms with Crippen LogP contribution in [0, 0.1) is 0 Å². The maximum atomic E-state index is 8.97. The second-order valence-electron chi connectivity index (χ2n) is 2.94. The van der Waals surface area contributed by atoms with Gasteiger partial charge in [0.1, 0.15) is 36.6 Å². The van der Waals surface area contributed by atoms with Crippen LogP contribution in [0.2, 0.25) is 0 Å². The smallest absolute Gasteiger partial charge is 0.111 e. The molecule has 6 heteroatoms. The van der Waals surface area contributed by atoms with E-state index in [4.69, 9.17) is 30.6 Å². The van der Waals surface area contributed by atoms with Crippen molar-refractivity contribution in [3.8, 4) is 0 Å². The third kappa shape index (κ3) is 1.33. The fourth-order valence-corrected chi connectivity index (χ4v) is 1.21. The van der Waals surface area contributed by atoms with Gasteiger partial charge in [-0.05, 0) is 0 Å². The van der Waals surface area contributed by atoms with E-state index in [0.717, 1.165) is 0 Å². The number of aliphatic hydroxyl groups excluding tert-OH is 6. The van der Waals surface area contributed by atoms with Crippen molar-refractivity contribution < 1.29 is 30.6 Å². The number of aliphatic hydroxyl groups is 6. The van der Waals surface area contributed by atoms with Gasteiger partial charge in [-0.25, -0.2) is 0 Å². The predicted molar refractivity (Wildman–Crippen MR) is 36.0 cm³/mol. The molecule has 1 saturated carbocycles. The lowest BCUT2D eigenvalue weighted by atomic mass is 9.85. The summed E-state index contributed by atoms with van der Waals surface area (Å²) in [5.74, 6) is 0. The molecule has 6 N–H and O–H groups in total. The summed E-state index contributed by atoms with van der Waals surface area (Å²) in [7, 11) is 0. The molecule has 0 aromatic carbocycles. The second kappa shape index (κ2) is 3.25. The fourth-order valence-electron chi connectivity index (χ4n) is 1.21. The van der Waals surface area contributed by atoms with Crippen molar-refractivity contribution in [1.82, 2.24) is 0 Å². The van der Waals surface area contributed by atoms with Gasteiger partial charge in [0.05, 0.1) is 0 Å². The maximum absolute atomic E-state index is 8.97. The first kappa shape index (κ1) is 9.85. The molecule has 0 unspecified atom stereocenters. The van der Waals surface area contributed by atoms with Crippen molar-refractivity contribution in [1.29, 1.82) is 0 Å². The van der Waals surface area contributed by atoms with Crippen molar-refractivity contribution in [3.63, 3.8) is 0 Å². The van der Waals surface area contributed by atoms with Crippen LogP contribution in [0.15, 0.2) is 0 Å². The van der Waals surface area contributed by atoms with Crippen LogP contribution >= 0.6 is 0 Å². The topological polar surface area (TPSA) is 121 Å². The van der Waals surface area contributed by atoms with Gasteiger partial charge in [-0.15, -0.1) is 0 Å². The molecule has 0 radical (unpaired) electrons. The van der Waals surface area contributed by atoms with Crippen LogP contribution in [-0.4, -0.2) is 67.3 Å². The zero-order chi connectivity index (χ0) is 9.46. The lowest BCUT2D eigenvalue weighted by Gasteiger charge is -2.39. The highest BCUT2D eigenvalue weighted by atomic mass is 16.4. The Morgan fingerprint density at radius 1 is 0.333 bits per heavy atom. The third-order valence-corrected chi connectivity index (χ3v) is 2.10. The third-order valence-electron chi connectivity index (χ3n) is 2.10. The van der Waals surface area contributed by atoms with E-state index in [-0.39, 0.29) is 0 Å². The molecule has 0 aromatic heterocycles. The van der Waals surface area contributed by atoms with Crippen molar-refractivity contribution in [2.75, 3.05) is 0 Å². The average molecular weight is 180 g/mol. The molecule has 1 rings (SSSR count). The van der Waals surface area contributed by atoms with Crippen molar-refractivity contribution in [2.24, 2.45) is 0 Å². The maximum Gasteiger partial charge on any atom is 0.111 e.